The SMILES string of the molecule is SCc1[c-]cccc1.[Zn+][I]. The van der Waals surface area contributed by atoms with Crippen molar-refractivity contribution < 1.29 is 14.8 Å². The summed E-state index contributed by atoms with van der Waals surface area (Å²) in [6.45, 7) is 0. The van der Waals surface area contributed by atoms with Gasteiger partial charge in [-0.1, -0.05) is 0 Å². The van der Waals surface area contributed by atoms with Gasteiger partial charge in [-0.25, -0.2) is 0 Å². The van der Waals surface area contributed by atoms with E-state index < -0.39 is 0 Å². The first-order valence-electron chi connectivity index (χ1n) is 2.76. The van der Waals surface area contributed by atoms with E-state index in [9.17, 15) is 0 Å². The van der Waals surface area contributed by atoms with Crippen molar-refractivity contribution in [2.75, 3.05) is 0 Å². The molecule has 10 heavy (non-hydrogen) atoms. The molecule has 0 nitrogen and oxygen atoms in total. The average Bonchev–Trinajstić information content (AvgIpc) is 2.10. The number of halogens is 1. The van der Waals surface area contributed by atoms with E-state index in [1.165, 1.54) is 14.8 Å². The monoisotopic (exact) mass is 314 g/mol. The summed E-state index contributed by atoms with van der Waals surface area (Å²) in [5, 5.41) is 0. The molecule has 50 valence electrons. The van der Waals surface area contributed by atoms with Gasteiger partial charge in [0, 0.05) is 0 Å². The topological polar surface area (TPSA) is 0 Å². The molecule has 0 heterocycles. The number of benzene rings is 1. The Morgan fingerprint density at radius 2 is 2.20 bits per heavy atom. The molecule has 0 amide bonds. The number of thiol groups is 1. The second-order valence-electron chi connectivity index (χ2n) is 1.55. The zero-order valence-electron chi connectivity index (χ0n) is 5.55. The van der Waals surface area contributed by atoms with Crippen molar-refractivity contribution in [2.24, 2.45) is 0 Å². The van der Waals surface area contributed by atoms with Crippen LogP contribution in [0.4, 0.5) is 0 Å². The fraction of sp³-hybridized carbons (Fsp3) is 0.143. The third-order valence-corrected chi connectivity index (χ3v) is 1.28. The molecule has 1 rings (SSSR count). The van der Waals surface area contributed by atoms with Crippen molar-refractivity contribution in [3.8, 4) is 0 Å². The first-order chi connectivity index (χ1) is 4.93. The van der Waals surface area contributed by atoms with E-state index in [1.807, 2.05) is 24.3 Å². The van der Waals surface area contributed by atoms with Crippen LogP contribution in [-0.4, -0.2) is 0 Å². The predicted octanol–water partition coefficient (Wildman–Crippen LogP) is 2.80. The van der Waals surface area contributed by atoms with Gasteiger partial charge in [-0.2, -0.15) is 48.5 Å². The fourth-order valence-electron chi connectivity index (χ4n) is 0.529. The van der Waals surface area contributed by atoms with Crippen LogP contribution in [0.2, 0.25) is 0 Å². The van der Waals surface area contributed by atoms with Gasteiger partial charge in [-0.3, -0.25) is 0 Å². The molecule has 0 N–H and O–H groups in total. The molecule has 0 spiro atoms. The summed E-state index contributed by atoms with van der Waals surface area (Å²) >= 11 is 7.70. The molecule has 0 atom stereocenters. The summed E-state index contributed by atoms with van der Waals surface area (Å²) in [7, 11) is 0. The van der Waals surface area contributed by atoms with Gasteiger partial charge < -0.3 is 0 Å². The predicted molar refractivity (Wildman–Crippen MR) is 52.0 cm³/mol. The summed E-state index contributed by atoms with van der Waals surface area (Å²) in [6, 6.07) is 10.9. The van der Waals surface area contributed by atoms with E-state index in [2.05, 4.69) is 38.4 Å². The van der Waals surface area contributed by atoms with Crippen molar-refractivity contribution in [3.05, 3.63) is 35.9 Å². The fourth-order valence-corrected chi connectivity index (χ4v) is 0.726. The summed E-state index contributed by atoms with van der Waals surface area (Å²) in [4.78, 5) is 0. The molecule has 0 aliphatic rings. The number of hydrogen-bond acceptors (Lipinski definition) is 1. The molecule has 1 aromatic rings. The van der Waals surface area contributed by atoms with Gasteiger partial charge in [0.25, 0.3) is 0 Å². The van der Waals surface area contributed by atoms with Gasteiger partial charge >= 0.3 is 34.5 Å². The molecule has 0 saturated carbocycles. The molecule has 0 unspecified atom stereocenters. The van der Waals surface area contributed by atoms with Crippen molar-refractivity contribution in [2.45, 2.75) is 5.75 Å². The molecule has 0 aliphatic carbocycles. The Kier molecular flexibility index (Phi) is 8.77. The zero-order valence-corrected chi connectivity index (χ0v) is 11.6. The second kappa shape index (κ2) is 8.02. The van der Waals surface area contributed by atoms with Gasteiger partial charge in [-0.15, -0.1) is 0 Å². The van der Waals surface area contributed by atoms with Gasteiger partial charge in [0.1, 0.15) is 0 Å². The molecule has 0 bridgehead atoms. The standard InChI is InChI=1S/C7H7S.HI.Zn/c8-6-7-4-2-1-3-5-7;;/h1-4,8H,6H2;1H;/q-1;;+2/p-1. The van der Waals surface area contributed by atoms with Gasteiger partial charge in [0.15, 0.2) is 0 Å². The minimum absolute atomic E-state index is 0.779. The van der Waals surface area contributed by atoms with E-state index in [4.69, 9.17) is 0 Å². The van der Waals surface area contributed by atoms with Crippen LogP contribution in [0, 0.1) is 6.07 Å². The Hall–Kier alpha value is 0.923. The Balaban J connectivity index is 0.000000371. The third-order valence-electron chi connectivity index (χ3n) is 0.944. The molecule has 1 aromatic carbocycles. The minimum atomic E-state index is 0.779. The maximum absolute atomic E-state index is 4.08. The second-order valence-corrected chi connectivity index (χ2v) is 1.86. The maximum atomic E-state index is 4.08. The summed E-state index contributed by atoms with van der Waals surface area (Å²) < 4.78 is 0. The van der Waals surface area contributed by atoms with Gasteiger partial charge in [0.2, 0.25) is 0 Å². The number of hydrogen-bond donors (Lipinski definition) is 1. The quantitative estimate of drug-likeness (QED) is 0.350. The van der Waals surface area contributed by atoms with Crippen LogP contribution in [0.25, 0.3) is 0 Å². The van der Waals surface area contributed by atoms with E-state index in [1.54, 1.807) is 0 Å². The summed E-state index contributed by atoms with van der Waals surface area (Å²) in [6.07, 6.45) is 0. The van der Waals surface area contributed by atoms with Crippen LogP contribution in [0.5, 0.6) is 0 Å². The van der Waals surface area contributed by atoms with Crippen molar-refractivity contribution in [3.63, 3.8) is 0 Å². The molecule has 0 saturated heterocycles. The Bertz CT molecular complexity index is 155. The van der Waals surface area contributed by atoms with Crippen LogP contribution in [0.3, 0.4) is 0 Å². The molecular formula is C7H7ISZn. The Labute approximate surface area is 88.1 Å². The van der Waals surface area contributed by atoms with Crippen LogP contribution in [0.15, 0.2) is 24.3 Å². The van der Waals surface area contributed by atoms with Gasteiger partial charge in [0.05, 0.1) is 0 Å². The van der Waals surface area contributed by atoms with Crippen molar-refractivity contribution >= 4 is 32.4 Å². The molecule has 0 aromatic heterocycles. The molecule has 0 aliphatic heterocycles. The van der Waals surface area contributed by atoms with E-state index >= 15 is 0 Å². The van der Waals surface area contributed by atoms with Crippen LogP contribution in [0.1, 0.15) is 5.56 Å². The number of rotatable bonds is 1. The molecule has 0 fully saturated rings. The van der Waals surface area contributed by atoms with Gasteiger partial charge in [-0.05, 0) is 5.75 Å². The molecule has 0 radical (unpaired) electrons. The van der Waals surface area contributed by atoms with E-state index in [0.717, 1.165) is 11.3 Å². The summed E-state index contributed by atoms with van der Waals surface area (Å²) in [5.74, 6) is 0.779. The van der Waals surface area contributed by atoms with Crippen molar-refractivity contribution in [1.29, 1.82) is 0 Å². The molecular weight excluding hydrogens is 308 g/mol. The first kappa shape index (κ1) is 10.9. The third kappa shape index (κ3) is 4.70. The Morgan fingerprint density at radius 1 is 1.50 bits per heavy atom. The zero-order chi connectivity index (χ0) is 7.82. The average molecular weight is 315 g/mol. The van der Waals surface area contributed by atoms with Crippen molar-refractivity contribution in [1.82, 2.24) is 0 Å². The van der Waals surface area contributed by atoms with E-state index in [0.29, 0.717) is 0 Å². The molecule has 3 heteroatoms. The van der Waals surface area contributed by atoms with Crippen LogP contribution in [-0.2, 0) is 20.5 Å². The Morgan fingerprint density at radius 3 is 2.50 bits per heavy atom. The first-order valence-corrected chi connectivity index (χ1v) is 12.4. The summed E-state index contributed by atoms with van der Waals surface area (Å²) in [5.41, 5.74) is 1.15. The van der Waals surface area contributed by atoms with Crippen LogP contribution >= 0.6 is 32.4 Å². The normalized spacial score (nSPS) is 8.00. The van der Waals surface area contributed by atoms with Crippen LogP contribution < -0.4 is 0 Å². The van der Waals surface area contributed by atoms with E-state index in [-0.39, 0.29) is 0 Å².